The molecular formula is C18H27ClN2O4S. The van der Waals surface area contributed by atoms with Gasteiger partial charge in [0.05, 0.1) is 17.9 Å². The summed E-state index contributed by atoms with van der Waals surface area (Å²) >= 11 is 6.06. The van der Waals surface area contributed by atoms with Crippen LogP contribution in [0.25, 0.3) is 0 Å². The van der Waals surface area contributed by atoms with E-state index >= 15 is 0 Å². The van der Waals surface area contributed by atoms with Gasteiger partial charge in [-0.2, -0.15) is 0 Å². The van der Waals surface area contributed by atoms with E-state index < -0.39 is 10.0 Å². The van der Waals surface area contributed by atoms with Crippen LogP contribution in [-0.2, 0) is 14.8 Å². The van der Waals surface area contributed by atoms with Gasteiger partial charge in [-0.15, -0.1) is 0 Å². The number of piperidine rings is 1. The first-order valence-corrected chi connectivity index (χ1v) is 11.0. The molecule has 1 aromatic rings. The van der Waals surface area contributed by atoms with Gasteiger partial charge < -0.3 is 10.1 Å². The predicted molar refractivity (Wildman–Crippen MR) is 104 cm³/mol. The third-order valence-corrected chi connectivity index (χ3v) is 6.89. The molecule has 0 bridgehead atoms. The van der Waals surface area contributed by atoms with Crippen molar-refractivity contribution in [3.63, 3.8) is 0 Å². The highest BCUT2D eigenvalue weighted by Crippen LogP contribution is 2.28. The zero-order valence-corrected chi connectivity index (χ0v) is 16.9. The molecule has 1 aliphatic rings. The highest BCUT2D eigenvalue weighted by Gasteiger charge is 2.28. The zero-order valence-electron chi connectivity index (χ0n) is 15.3. The average Bonchev–Trinajstić information content (AvgIpc) is 2.60. The van der Waals surface area contributed by atoms with Crippen LogP contribution in [0.5, 0.6) is 5.75 Å². The Morgan fingerprint density at radius 2 is 2.19 bits per heavy atom. The first-order valence-electron chi connectivity index (χ1n) is 8.97. The van der Waals surface area contributed by atoms with Crippen molar-refractivity contribution in [1.29, 1.82) is 0 Å². The van der Waals surface area contributed by atoms with E-state index in [2.05, 4.69) is 5.32 Å². The van der Waals surface area contributed by atoms with Crippen molar-refractivity contribution in [3.8, 4) is 5.75 Å². The molecule has 1 amide bonds. The number of ether oxygens (including phenoxy) is 1. The van der Waals surface area contributed by atoms with Gasteiger partial charge in [0.1, 0.15) is 5.75 Å². The second-order valence-corrected chi connectivity index (χ2v) is 9.11. The van der Waals surface area contributed by atoms with Crippen LogP contribution in [0.15, 0.2) is 18.2 Å². The molecular weight excluding hydrogens is 376 g/mol. The lowest BCUT2D eigenvalue weighted by Crippen LogP contribution is -2.41. The predicted octanol–water partition coefficient (Wildman–Crippen LogP) is 3.52. The molecule has 1 saturated heterocycles. The van der Waals surface area contributed by atoms with Gasteiger partial charge in [-0.3, -0.25) is 4.79 Å². The molecule has 6 nitrogen and oxygen atoms in total. The normalized spacial score (nSPS) is 18.5. The van der Waals surface area contributed by atoms with Crippen LogP contribution in [0.1, 0.15) is 39.0 Å². The number of rotatable bonds is 8. The quantitative estimate of drug-likeness (QED) is 0.721. The van der Waals surface area contributed by atoms with Crippen molar-refractivity contribution in [2.24, 2.45) is 5.92 Å². The number of anilines is 1. The topological polar surface area (TPSA) is 75.7 Å². The fourth-order valence-corrected chi connectivity index (χ4v) is 5.08. The van der Waals surface area contributed by atoms with E-state index in [1.54, 1.807) is 22.5 Å². The summed E-state index contributed by atoms with van der Waals surface area (Å²) in [6.45, 7) is 2.98. The SMILES string of the molecule is CCCS(=O)(=O)N1CCC[C@H](CCC(=O)Nc2ccc(OC)c(Cl)c2)C1. The molecule has 0 radical (unpaired) electrons. The maximum atomic E-state index is 12.2. The average molecular weight is 403 g/mol. The molecule has 1 aromatic carbocycles. The van der Waals surface area contributed by atoms with Crippen LogP contribution in [0, 0.1) is 5.92 Å². The van der Waals surface area contributed by atoms with Crippen molar-refractivity contribution in [3.05, 3.63) is 23.2 Å². The standard InChI is InChI=1S/C18H27ClN2O4S/c1-3-11-26(23,24)21-10-4-5-14(13-21)6-9-18(22)20-15-7-8-17(25-2)16(19)12-15/h7-8,12,14H,3-6,9-11,13H2,1-2H3,(H,20,22)/t14-/m1/s1. The summed E-state index contributed by atoms with van der Waals surface area (Å²) in [5.41, 5.74) is 0.622. The molecule has 0 unspecified atom stereocenters. The minimum absolute atomic E-state index is 0.0974. The van der Waals surface area contributed by atoms with Gasteiger partial charge in [0.25, 0.3) is 0 Å². The summed E-state index contributed by atoms with van der Waals surface area (Å²) in [4.78, 5) is 12.2. The van der Waals surface area contributed by atoms with E-state index in [1.165, 1.54) is 7.11 Å². The molecule has 146 valence electrons. The number of amides is 1. The molecule has 1 heterocycles. The highest BCUT2D eigenvalue weighted by molar-refractivity contribution is 7.89. The van der Waals surface area contributed by atoms with Crippen molar-refractivity contribution in [2.45, 2.75) is 39.0 Å². The Bertz CT molecular complexity index is 724. The lowest BCUT2D eigenvalue weighted by atomic mass is 9.94. The summed E-state index contributed by atoms with van der Waals surface area (Å²) in [6.07, 6.45) is 3.46. The second-order valence-electron chi connectivity index (χ2n) is 6.62. The minimum Gasteiger partial charge on any atom is -0.495 e. The Hall–Kier alpha value is -1.31. The first kappa shape index (κ1) is 21.0. The van der Waals surface area contributed by atoms with E-state index in [1.807, 2.05) is 6.92 Å². The first-order chi connectivity index (χ1) is 12.4. The third-order valence-electron chi connectivity index (χ3n) is 4.55. The van der Waals surface area contributed by atoms with E-state index in [-0.39, 0.29) is 17.6 Å². The lowest BCUT2D eigenvalue weighted by Gasteiger charge is -2.31. The van der Waals surface area contributed by atoms with Crippen LogP contribution < -0.4 is 10.1 Å². The van der Waals surface area contributed by atoms with Gasteiger partial charge in [0.2, 0.25) is 15.9 Å². The second kappa shape index (κ2) is 9.58. The molecule has 8 heteroatoms. The molecule has 2 rings (SSSR count). The molecule has 1 N–H and O–H groups in total. The number of benzene rings is 1. The van der Waals surface area contributed by atoms with E-state index in [0.717, 1.165) is 12.8 Å². The lowest BCUT2D eigenvalue weighted by molar-refractivity contribution is -0.116. The molecule has 1 fully saturated rings. The fraction of sp³-hybridized carbons (Fsp3) is 0.611. The summed E-state index contributed by atoms with van der Waals surface area (Å²) in [7, 11) is -1.62. The van der Waals surface area contributed by atoms with Gasteiger partial charge in [0.15, 0.2) is 0 Å². The third kappa shape index (κ3) is 5.86. The number of carbonyl (C=O) groups is 1. The molecule has 0 aromatic heterocycles. The van der Waals surface area contributed by atoms with Gasteiger partial charge in [-0.1, -0.05) is 18.5 Å². The smallest absolute Gasteiger partial charge is 0.224 e. The summed E-state index contributed by atoms with van der Waals surface area (Å²) in [6, 6.07) is 5.09. The molecule has 0 aliphatic carbocycles. The van der Waals surface area contributed by atoms with E-state index in [4.69, 9.17) is 16.3 Å². The number of carbonyl (C=O) groups excluding carboxylic acids is 1. The Morgan fingerprint density at radius 3 is 2.85 bits per heavy atom. The maximum Gasteiger partial charge on any atom is 0.224 e. The highest BCUT2D eigenvalue weighted by atomic mass is 35.5. The van der Waals surface area contributed by atoms with Gasteiger partial charge in [0, 0.05) is 25.2 Å². The van der Waals surface area contributed by atoms with Crippen LogP contribution in [0.3, 0.4) is 0 Å². The van der Waals surface area contributed by atoms with Crippen LogP contribution in [0.2, 0.25) is 5.02 Å². The fourth-order valence-electron chi connectivity index (χ4n) is 3.21. The largest absolute Gasteiger partial charge is 0.495 e. The number of sulfonamides is 1. The van der Waals surface area contributed by atoms with E-state index in [9.17, 15) is 13.2 Å². The van der Waals surface area contributed by atoms with Crippen LogP contribution in [0.4, 0.5) is 5.69 Å². The minimum atomic E-state index is -3.16. The number of nitrogens with zero attached hydrogens (tertiary/aromatic N) is 1. The molecule has 26 heavy (non-hydrogen) atoms. The van der Waals surface area contributed by atoms with Crippen molar-refractivity contribution >= 4 is 33.2 Å². The molecule has 0 saturated carbocycles. The van der Waals surface area contributed by atoms with Gasteiger partial charge in [-0.05, 0) is 49.8 Å². The number of hydrogen-bond acceptors (Lipinski definition) is 4. The Kier molecular flexibility index (Phi) is 7.73. The van der Waals surface area contributed by atoms with Gasteiger partial charge in [-0.25, -0.2) is 12.7 Å². The van der Waals surface area contributed by atoms with Gasteiger partial charge >= 0.3 is 0 Å². The van der Waals surface area contributed by atoms with Crippen LogP contribution in [-0.4, -0.2) is 44.6 Å². The summed E-state index contributed by atoms with van der Waals surface area (Å²) < 4.78 is 31.1. The molecule has 0 spiro atoms. The van der Waals surface area contributed by atoms with E-state index in [0.29, 0.717) is 48.8 Å². The van der Waals surface area contributed by atoms with Crippen molar-refractivity contribution in [1.82, 2.24) is 4.31 Å². The summed E-state index contributed by atoms with van der Waals surface area (Å²) in [5, 5.41) is 3.26. The number of nitrogens with one attached hydrogen (secondary N) is 1. The van der Waals surface area contributed by atoms with Crippen molar-refractivity contribution in [2.75, 3.05) is 31.3 Å². The number of hydrogen-bond donors (Lipinski definition) is 1. The summed E-state index contributed by atoms with van der Waals surface area (Å²) in [5.74, 6) is 0.874. The Morgan fingerprint density at radius 1 is 1.42 bits per heavy atom. The van der Waals surface area contributed by atoms with Crippen LogP contribution >= 0.6 is 11.6 Å². The monoisotopic (exact) mass is 402 g/mol. The van der Waals surface area contributed by atoms with Crippen molar-refractivity contribution < 1.29 is 17.9 Å². The molecule has 1 atom stereocenters. The number of halogens is 1. The Labute approximate surface area is 160 Å². The number of methoxy groups -OCH3 is 1. The zero-order chi connectivity index (χ0) is 19.2. The molecule has 1 aliphatic heterocycles. The maximum absolute atomic E-state index is 12.2. The Balaban J connectivity index is 1.84.